The average molecular weight is 863 g/mol. The van der Waals surface area contributed by atoms with Gasteiger partial charge in [-0.3, -0.25) is 4.79 Å². The number of carbonyl (C=O) groups is 5. The molecule has 6 aromatic carbocycles. The van der Waals surface area contributed by atoms with E-state index >= 15 is 0 Å². The second kappa shape index (κ2) is 21.6. The lowest BCUT2D eigenvalue weighted by Gasteiger charge is -2.28. The van der Waals surface area contributed by atoms with Crippen molar-refractivity contribution >= 4 is 63.8 Å². The molecule has 64 heavy (non-hydrogen) atoms. The number of esters is 4. The van der Waals surface area contributed by atoms with Crippen molar-refractivity contribution in [1.29, 1.82) is 0 Å². The molecule has 0 aliphatic heterocycles. The largest absolute Gasteiger partial charge is 0.495 e. The molecule has 0 fully saturated rings. The Balaban J connectivity index is 1.28. The van der Waals surface area contributed by atoms with E-state index in [-0.39, 0.29) is 31.0 Å². The van der Waals surface area contributed by atoms with Gasteiger partial charge in [0.2, 0.25) is 0 Å². The molecule has 0 aromatic heterocycles. The van der Waals surface area contributed by atoms with Gasteiger partial charge in [0.05, 0.1) is 55.5 Å². The predicted molar refractivity (Wildman–Crippen MR) is 242 cm³/mol. The molecule has 0 N–H and O–H groups in total. The SMILES string of the molecule is C=C(COC(=O)c1ccc(N(c2ccccc2)c2ccc(-c3ccc(N(c4ccccc4)c4ccc(C(=O)OCC(=O)C(=O)OCC)cc4)c(OC)c3)cc2OC)cc1)C(=O)OCC. The molecule has 0 heterocycles. The smallest absolute Gasteiger partial charge is 0.378 e. The average Bonchev–Trinajstić information content (AvgIpc) is 3.33. The molecular weight excluding hydrogens is 817 g/mol. The van der Waals surface area contributed by atoms with Gasteiger partial charge in [-0.05, 0) is 122 Å². The molecule has 0 atom stereocenters. The highest BCUT2D eigenvalue weighted by molar-refractivity contribution is 6.34. The molecule has 326 valence electrons. The summed E-state index contributed by atoms with van der Waals surface area (Å²) in [5.74, 6) is -2.89. The van der Waals surface area contributed by atoms with Gasteiger partial charge in [-0.1, -0.05) is 55.1 Å². The number of hydrogen-bond acceptors (Lipinski definition) is 13. The van der Waals surface area contributed by atoms with E-state index in [9.17, 15) is 24.0 Å². The van der Waals surface area contributed by atoms with Crippen molar-refractivity contribution in [3.05, 3.63) is 169 Å². The Bertz CT molecular complexity index is 2430. The second-order valence-corrected chi connectivity index (χ2v) is 13.8. The summed E-state index contributed by atoms with van der Waals surface area (Å²) in [5, 5.41) is 0. The molecule has 6 aromatic rings. The number of hydrogen-bond donors (Lipinski definition) is 0. The zero-order valence-corrected chi connectivity index (χ0v) is 35.8. The highest BCUT2D eigenvalue weighted by Crippen LogP contribution is 2.45. The Kier molecular flexibility index (Phi) is 15.3. The maximum atomic E-state index is 12.9. The third-order valence-electron chi connectivity index (χ3n) is 9.70. The van der Waals surface area contributed by atoms with Crippen molar-refractivity contribution in [2.24, 2.45) is 0 Å². The van der Waals surface area contributed by atoms with E-state index in [1.54, 1.807) is 76.6 Å². The molecule has 0 aliphatic carbocycles. The zero-order valence-electron chi connectivity index (χ0n) is 35.8. The number of rotatable bonds is 19. The van der Waals surface area contributed by atoms with Gasteiger partial charge in [-0.25, -0.2) is 19.2 Å². The Morgan fingerprint density at radius 1 is 0.469 bits per heavy atom. The van der Waals surface area contributed by atoms with Gasteiger partial charge in [-0.15, -0.1) is 0 Å². The van der Waals surface area contributed by atoms with Crippen molar-refractivity contribution in [3.63, 3.8) is 0 Å². The Morgan fingerprint density at radius 3 is 1.27 bits per heavy atom. The van der Waals surface area contributed by atoms with Crippen molar-refractivity contribution in [2.75, 3.05) is 50.4 Å². The van der Waals surface area contributed by atoms with Crippen molar-refractivity contribution in [2.45, 2.75) is 13.8 Å². The van der Waals surface area contributed by atoms with Crippen LogP contribution in [0.1, 0.15) is 34.6 Å². The molecule has 13 nitrogen and oxygen atoms in total. The zero-order chi connectivity index (χ0) is 45.6. The molecule has 0 aliphatic rings. The van der Waals surface area contributed by atoms with E-state index in [0.29, 0.717) is 28.4 Å². The molecular formula is C51H46N2O11. The number of ketones is 1. The minimum absolute atomic E-state index is 0.0318. The van der Waals surface area contributed by atoms with Crippen LogP contribution in [0.3, 0.4) is 0 Å². The van der Waals surface area contributed by atoms with Gasteiger partial charge in [0.15, 0.2) is 6.61 Å². The van der Waals surface area contributed by atoms with E-state index in [1.165, 1.54) is 0 Å². The van der Waals surface area contributed by atoms with Crippen LogP contribution in [0.5, 0.6) is 11.5 Å². The fraction of sp³-hybridized carbons (Fsp3) is 0.157. The monoisotopic (exact) mass is 862 g/mol. The predicted octanol–water partition coefficient (Wildman–Crippen LogP) is 9.88. The topological polar surface area (TPSA) is 147 Å². The third-order valence-corrected chi connectivity index (χ3v) is 9.70. The van der Waals surface area contributed by atoms with E-state index in [0.717, 1.165) is 33.9 Å². The van der Waals surface area contributed by atoms with E-state index in [2.05, 4.69) is 11.3 Å². The number of benzene rings is 6. The summed E-state index contributed by atoms with van der Waals surface area (Å²) in [6.07, 6.45) is 0. The normalized spacial score (nSPS) is 10.5. The van der Waals surface area contributed by atoms with E-state index in [1.807, 2.05) is 107 Å². The van der Waals surface area contributed by atoms with Gasteiger partial charge in [0.1, 0.15) is 18.1 Å². The molecule has 0 bridgehead atoms. The number of para-hydroxylation sites is 2. The Labute approximate surface area is 371 Å². The van der Waals surface area contributed by atoms with Crippen LogP contribution in [0.4, 0.5) is 34.1 Å². The summed E-state index contributed by atoms with van der Waals surface area (Å²) >= 11 is 0. The quantitative estimate of drug-likeness (QED) is 0.0330. The fourth-order valence-corrected chi connectivity index (χ4v) is 6.60. The number of Topliss-reactive ketones (excluding diaryl/α,β-unsaturated/α-hetero) is 1. The van der Waals surface area contributed by atoms with Gasteiger partial charge in [0, 0.05) is 22.7 Å². The van der Waals surface area contributed by atoms with Gasteiger partial charge >= 0.3 is 23.9 Å². The summed E-state index contributed by atoms with van der Waals surface area (Å²) in [6.45, 7) is 6.10. The van der Waals surface area contributed by atoms with Crippen LogP contribution in [0.15, 0.2) is 158 Å². The summed E-state index contributed by atoms with van der Waals surface area (Å²) in [5.41, 5.74) is 6.75. The van der Waals surface area contributed by atoms with Crippen LogP contribution in [-0.2, 0) is 33.3 Å². The maximum absolute atomic E-state index is 12.9. The molecule has 0 saturated carbocycles. The number of anilines is 6. The molecule has 0 amide bonds. The van der Waals surface area contributed by atoms with E-state index in [4.69, 9.17) is 23.7 Å². The summed E-state index contributed by atoms with van der Waals surface area (Å²) in [4.78, 5) is 65.2. The highest BCUT2D eigenvalue weighted by atomic mass is 16.6. The van der Waals surface area contributed by atoms with Crippen molar-refractivity contribution in [1.82, 2.24) is 0 Å². The fourth-order valence-electron chi connectivity index (χ4n) is 6.60. The van der Waals surface area contributed by atoms with Gasteiger partial charge in [0.25, 0.3) is 5.78 Å². The minimum Gasteiger partial charge on any atom is -0.495 e. The number of nitrogens with zero attached hydrogens (tertiary/aromatic N) is 2. The Hall–Kier alpha value is -8.19. The lowest BCUT2D eigenvalue weighted by atomic mass is 10.0. The van der Waals surface area contributed by atoms with Gasteiger partial charge < -0.3 is 38.2 Å². The summed E-state index contributed by atoms with van der Waals surface area (Å²) in [6, 6.07) is 44.6. The number of carbonyl (C=O) groups excluding carboxylic acids is 5. The molecule has 0 saturated heterocycles. The maximum Gasteiger partial charge on any atom is 0.378 e. The van der Waals surface area contributed by atoms with Crippen LogP contribution >= 0.6 is 0 Å². The molecule has 6 rings (SSSR count). The van der Waals surface area contributed by atoms with Crippen LogP contribution in [0.25, 0.3) is 11.1 Å². The summed E-state index contributed by atoms with van der Waals surface area (Å²) in [7, 11) is 3.19. The lowest BCUT2D eigenvalue weighted by molar-refractivity contribution is -0.154. The van der Waals surface area contributed by atoms with E-state index < -0.39 is 36.3 Å². The number of methoxy groups -OCH3 is 2. The molecule has 13 heteroatoms. The minimum atomic E-state index is -1.06. The van der Waals surface area contributed by atoms with Crippen molar-refractivity contribution < 1.29 is 52.4 Å². The van der Waals surface area contributed by atoms with Crippen molar-refractivity contribution in [3.8, 4) is 22.6 Å². The molecule has 0 radical (unpaired) electrons. The third kappa shape index (κ3) is 10.8. The number of ether oxygens (including phenoxy) is 6. The van der Waals surface area contributed by atoms with Crippen LogP contribution in [0.2, 0.25) is 0 Å². The molecule has 0 unspecified atom stereocenters. The second-order valence-electron chi connectivity index (χ2n) is 13.8. The first kappa shape index (κ1) is 45.3. The standard InChI is InChI=1S/C51H46N2O11/c1-6-61-48(55)34(3)32-63-49(56)35-18-24-41(25-19-35)52(39-14-10-8-11-15-39)43-28-22-37(30-46(43)59-4)38-23-29-44(47(31-38)60-5)53(40-16-12-9-13-17-40)42-26-20-36(21-27-42)50(57)64-33-45(54)51(58)62-7-2/h8-31H,3,6-7,32-33H2,1-2,4-5H3. The highest BCUT2D eigenvalue weighted by Gasteiger charge is 2.23. The Morgan fingerprint density at radius 2 is 0.859 bits per heavy atom. The summed E-state index contributed by atoms with van der Waals surface area (Å²) < 4.78 is 32.0. The first-order valence-electron chi connectivity index (χ1n) is 20.2. The van der Waals surface area contributed by atoms with Gasteiger partial charge in [-0.2, -0.15) is 0 Å². The van der Waals surface area contributed by atoms with Crippen LogP contribution in [-0.4, -0.2) is 70.3 Å². The first-order valence-corrected chi connectivity index (χ1v) is 20.2. The first-order chi connectivity index (χ1) is 31.1. The van der Waals surface area contributed by atoms with Crippen LogP contribution < -0.4 is 19.3 Å². The molecule has 0 spiro atoms. The lowest BCUT2D eigenvalue weighted by Crippen LogP contribution is -2.24. The van der Waals surface area contributed by atoms with Crippen LogP contribution in [0, 0.1) is 0 Å².